The zero-order valence-electron chi connectivity index (χ0n) is 17.0. The third-order valence-corrected chi connectivity index (χ3v) is 4.49. The fourth-order valence-corrected chi connectivity index (χ4v) is 3.06. The minimum atomic E-state index is -0.528. The first-order valence-electron chi connectivity index (χ1n) is 9.73. The molecule has 0 unspecified atom stereocenters. The monoisotopic (exact) mass is 380 g/mol. The van der Waals surface area contributed by atoms with Crippen molar-refractivity contribution in [3.8, 4) is 0 Å². The molecule has 1 heterocycles. The maximum absolute atomic E-state index is 12.3. The Labute approximate surface area is 160 Å². The molecule has 8 nitrogen and oxygen atoms in total. The average molecular weight is 380 g/mol. The molecule has 152 valence electrons. The van der Waals surface area contributed by atoms with Crippen LogP contribution in [-0.2, 0) is 9.53 Å². The Morgan fingerprint density at radius 2 is 1.74 bits per heavy atom. The zero-order valence-corrected chi connectivity index (χ0v) is 17.0. The van der Waals surface area contributed by atoms with Gasteiger partial charge in [0.1, 0.15) is 5.60 Å². The summed E-state index contributed by atoms with van der Waals surface area (Å²) in [6.07, 6.45) is 2.87. The van der Waals surface area contributed by atoms with Crippen LogP contribution in [0, 0.1) is 5.92 Å². The van der Waals surface area contributed by atoms with Gasteiger partial charge in [0.2, 0.25) is 17.7 Å². The van der Waals surface area contributed by atoms with Crippen molar-refractivity contribution < 1.29 is 18.7 Å². The molecule has 1 fully saturated rings. The Bertz CT molecular complexity index is 628. The van der Waals surface area contributed by atoms with Gasteiger partial charge in [0.05, 0.1) is 0 Å². The zero-order chi connectivity index (χ0) is 20.0. The van der Waals surface area contributed by atoms with E-state index < -0.39 is 11.7 Å². The Hall–Kier alpha value is -2.12. The number of alkyl carbamates (subject to hydrolysis) is 1. The fraction of sp³-hybridized carbons (Fsp3) is 0.789. The van der Waals surface area contributed by atoms with Crippen LogP contribution in [0.1, 0.15) is 83.9 Å². The SMILES string of the molecule is CC(C)c1nnc([C@H]2CC[C@H](C(=O)NCCNC(=O)OC(C)(C)C)CC2)o1. The quantitative estimate of drug-likeness (QED) is 0.735. The largest absolute Gasteiger partial charge is 0.444 e. The molecule has 1 aromatic rings. The third kappa shape index (κ3) is 6.84. The van der Waals surface area contributed by atoms with E-state index in [9.17, 15) is 9.59 Å². The number of rotatable bonds is 6. The van der Waals surface area contributed by atoms with Gasteiger partial charge >= 0.3 is 6.09 Å². The summed E-state index contributed by atoms with van der Waals surface area (Å²) in [7, 11) is 0. The number of nitrogens with one attached hydrogen (secondary N) is 2. The van der Waals surface area contributed by atoms with Gasteiger partial charge in [0, 0.05) is 30.8 Å². The molecule has 1 aromatic heterocycles. The molecule has 0 radical (unpaired) electrons. The Morgan fingerprint density at radius 1 is 1.11 bits per heavy atom. The molecule has 8 heteroatoms. The number of ether oxygens (including phenoxy) is 1. The van der Waals surface area contributed by atoms with Gasteiger partial charge < -0.3 is 19.8 Å². The van der Waals surface area contributed by atoms with Gasteiger partial charge in [-0.3, -0.25) is 4.79 Å². The van der Waals surface area contributed by atoms with Crippen LogP contribution >= 0.6 is 0 Å². The normalized spacial score (nSPS) is 20.4. The molecule has 0 saturated heterocycles. The van der Waals surface area contributed by atoms with Gasteiger partial charge in [-0.15, -0.1) is 10.2 Å². The lowest BCUT2D eigenvalue weighted by Crippen LogP contribution is -2.40. The average Bonchev–Trinajstić information content (AvgIpc) is 3.07. The van der Waals surface area contributed by atoms with Gasteiger partial charge in [-0.1, -0.05) is 13.8 Å². The van der Waals surface area contributed by atoms with Crippen LogP contribution in [0.25, 0.3) is 0 Å². The van der Waals surface area contributed by atoms with Gasteiger partial charge in [-0.25, -0.2) is 4.79 Å². The molecule has 0 bridgehead atoms. The second kappa shape index (κ2) is 9.19. The van der Waals surface area contributed by atoms with E-state index >= 15 is 0 Å². The minimum Gasteiger partial charge on any atom is -0.444 e. The van der Waals surface area contributed by atoms with E-state index in [-0.39, 0.29) is 23.7 Å². The summed E-state index contributed by atoms with van der Waals surface area (Å²) < 4.78 is 10.9. The molecule has 0 spiro atoms. The lowest BCUT2D eigenvalue weighted by Gasteiger charge is -2.25. The summed E-state index contributed by atoms with van der Waals surface area (Å²) in [5, 5.41) is 13.8. The number of carbonyl (C=O) groups excluding carboxylic acids is 2. The number of amides is 2. The van der Waals surface area contributed by atoms with E-state index in [2.05, 4.69) is 20.8 Å². The van der Waals surface area contributed by atoms with E-state index in [0.29, 0.717) is 24.9 Å². The highest BCUT2D eigenvalue weighted by Gasteiger charge is 2.30. The van der Waals surface area contributed by atoms with Crippen molar-refractivity contribution in [2.45, 2.75) is 77.7 Å². The highest BCUT2D eigenvalue weighted by molar-refractivity contribution is 5.78. The predicted molar refractivity (Wildman–Crippen MR) is 100 cm³/mol. The molecule has 0 atom stereocenters. The van der Waals surface area contributed by atoms with Crippen molar-refractivity contribution in [2.75, 3.05) is 13.1 Å². The number of carbonyl (C=O) groups is 2. The van der Waals surface area contributed by atoms with Crippen molar-refractivity contribution >= 4 is 12.0 Å². The second-order valence-corrected chi connectivity index (χ2v) is 8.40. The fourth-order valence-electron chi connectivity index (χ4n) is 3.06. The van der Waals surface area contributed by atoms with Crippen LogP contribution in [0.3, 0.4) is 0 Å². The second-order valence-electron chi connectivity index (χ2n) is 8.40. The van der Waals surface area contributed by atoms with E-state index in [1.807, 2.05) is 34.6 Å². The summed E-state index contributed by atoms with van der Waals surface area (Å²) >= 11 is 0. The molecule has 1 aliphatic rings. The molecular formula is C19H32N4O4. The Balaban J connectivity index is 1.66. The highest BCUT2D eigenvalue weighted by Crippen LogP contribution is 2.35. The topological polar surface area (TPSA) is 106 Å². The minimum absolute atomic E-state index is 0.00438. The lowest BCUT2D eigenvalue weighted by molar-refractivity contribution is -0.126. The number of aromatic nitrogens is 2. The van der Waals surface area contributed by atoms with E-state index in [4.69, 9.17) is 9.15 Å². The highest BCUT2D eigenvalue weighted by atomic mass is 16.6. The summed E-state index contributed by atoms with van der Waals surface area (Å²) in [5.41, 5.74) is -0.528. The first-order chi connectivity index (χ1) is 12.7. The molecular weight excluding hydrogens is 348 g/mol. The molecule has 2 N–H and O–H groups in total. The van der Waals surface area contributed by atoms with Gasteiger partial charge in [-0.05, 0) is 46.5 Å². The van der Waals surface area contributed by atoms with Crippen molar-refractivity contribution in [1.29, 1.82) is 0 Å². The van der Waals surface area contributed by atoms with Crippen LogP contribution in [0.15, 0.2) is 4.42 Å². The predicted octanol–water partition coefficient (Wildman–Crippen LogP) is 3.11. The first-order valence-corrected chi connectivity index (χ1v) is 9.73. The molecule has 0 aromatic carbocycles. The maximum Gasteiger partial charge on any atom is 0.407 e. The Kier molecular flexibility index (Phi) is 7.21. The molecule has 0 aliphatic heterocycles. The first kappa shape index (κ1) is 21.2. The molecule has 1 saturated carbocycles. The summed E-state index contributed by atoms with van der Waals surface area (Å²) in [5.74, 6) is 1.86. The maximum atomic E-state index is 12.3. The van der Waals surface area contributed by atoms with E-state index in [1.54, 1.807) is 0 Å². The van der Waals surface area contributed by atoms with Crippen LogP contribution in [-0.4, -0.2) is 40.9 Å². The van der Waals surface area contributed by atoms with Crippen molar-refractivity contribution in [3.05, 3.63) is 11.8 Å². The lowest BCUT2D eigenvalue weighted by atomic mass is 9.81. The smallest absolute Gasteiger partial charge is 0.407 e. The number of hydrogen-bond acceptors (Lipinski definition) is 6. The molecule has 1 aliphatic carbocycles. The third-order valence-electron chi connectivity index (χ3n) is 4.49. The summed E-state index contributed by atoms with van der Waals surface area (Å²) in [6.45, 7) is 10.2. The van der Waals surface area contributed by atoms with Gasteiger partial charge in [-0.2, -0.15) is 0 Å². The number of nitrogens with zero attached hydrogens (tertiary/aromatic N) is 2. The van der Waals surface area contributed by atoms with E-state index in [1.165, 1.54) is 0 Å². The van der Waals surface area contributed by atoms with E-state index in [0.717, 1.165) is 25.7 Å². The molecule has 2 rings (SSSR count). The molecule has 2 amide bonds. The van der Waals surface area contributed by atoms with Crippen LogP contribution < -0.4 is 10.6 Å². The van der Waals surface area contributed by atoms with Crippen LogP contribution in [0.2, 0.25) is 0 Å². The Morgan fingerprint density at radius 3 is 2.30 bits per heavy atom. The standard InChI is InChI=1S/C19H32N4O4/c1-12(2)16-22-23-17(26-16)14-8-6-13(7-9-14)15(24)20-10-11-21-18(25)27-19(3,4)5/h12-14H,6-11H2,1-5H3,(H,20,24)(H,21,25)/t13-,14-. The summed E-state index contributed by atoms with van der Waals surface area (Å²) in [4.78, 5) is 23.9. The number of hydrogen-bond donors (Lipinski definition) is 2. The van der Waals surface area contributed by atoms with Crippen LogP contribution in [0.5, 0.6) is 0 Å². The van der Waals surface area contributed by atoms with Gasteiger partial charge in [0.25, 0.3) is 0 Å². The van der Waals surface area contributed by atoms with Crippen molar-refractivity contribution in [1.82, 2.24) is 20.8 Å². The van der Waals surface area contributed by atoms with Crippen LogP contribution in [0.4, 0.5) is 4.79 Å². The molecule has 27 heavy (non-hydrogen) atoms. The van der Waals surface area contributed by atoms with Crippen molar-refractivity contribution in [3.63, 3.8) is 0 Å². The van der Waals surface area contributed by atoms with Crippen molar-refractivity contribution in [2.24, 2.45) is 5.92 Å². The summed E-state index contributed by atoms with van der Waals surface area (Å²) in [6, 6.07) is 0. The van der Waals surface area contributed by atoms with Gasteiger partial charge in [0.15, 0.2) is 0 Å².